The van der Waals surface area contributed by atoms with Crippen LogP contribution in [-0.2, 0) is 7.05 Å². The van der Waals surface area contributed by atoms with Gasteiger partial charge in [-0.2, -0.15) is 5.10 Å². The number of hydrogen-bond acceptors (Lipinski definition) is 3. The first-order valence-electron chi connectivity index (χ1n) is 5.75. The molecule has 0 aliphatic rings. The lowest BCUT2D eigenvalue weighted by Crippen LogP contribution is -2.31. The minimum Gasteiger partial charge on any atom is -0.271 e. The van der Waals surface area contributed by atoms with Gasteiger partial charge < -0.3 is 0 Å². The van der Waals surface area contributed by atoms with Gasteiger partial charge in [0.25, 0.3) is 0 Å². The normalized spacial score (nSPS) is 12.7. The summed E-state index contributed by atoms with van der Waals surface area (Å²) in [6.45, 7) is 4.13. The highest BCUT2D eigenvalue weighted by molar-refractivity contribution is 6.31. The maximum Gasteiger partial charge on any atom is 0.0895 e. The van der Waals surface area contributed by atoms with Crippen molar-refractivity contribution in [3.05, 3.63) is 51.8 Å². The number of benzene rings is 1. The number of rotatable bonds is 3. The van der Waals surface area contributed by atoms with Crippen LogP contribution in [0.15, 0.2) is 24.4 Å². The number of nitrogens with one attached hydrogen (secondary N) is 1. The van der Waals surface area contributed by atoms with Gasteiger partial charge in [-0.3, -0.25) is 10.5 Å². The molecule has 2 rings (SSSR count). The van der Waals surface area contributed by atoms with Crippen molar-refractivity contribution >= 4 is 11.6 Å². The quantitative estimate of drug-likeness (QED) is 0.660. The minimum atomic E-state index is -0.161. The van der Waals surface area contributed by atoms with Crippen molar-refractivity contribution in [1.82, 2.24) is 15.2 Å². The van der Waals surface area contributed by atoms with Crippen LogP contribution in [0.25, 0.3) is 0 Å². The fraction of sp³-hybridized carbons (Fsp3) is 0.308. The fourth-order valence-electron chi connectivity index (χ4n) is 2.21. The van der Waals surface area contributed by atoms with E-state index in [0.29, 0.717) is 5.02 Å². The van der Waals surface area contributed by atoms with E-state index in [-0.39, 0.29) is 6.04 Å². The van der Waals surface area contributed by atoms with Gasteiger partial charge in [-0.25, -0.2) is 5.43 Å². The van der Waals surface area contributed by atoms with Crippen molar-refractivity contribution in [1.29, 1.82) is 0 Å². The van der Waals surface area contributed by atoms with Gasteiger partial charge in [0.15, 0.2) is 0 Å². The van der Waals surface area contributed by atoms with Crippen LogP contribution < -0.4 is 11.3 Å². The maximum atomic E-state index is 6.17. The van der Waals surface area contributed by atoms with E-state index in [0.717, 1.165) is 11.3 Å². The van der Waals surface area contributed by atoms with Gasteiger partial charge in [-0.05, 0) is 25.0 Å². The number of nitrogens with two attached hydrogens (primary N) is 1. The summed E-state index contributed by atoms with van der Waals surface area (Å²) in [5.41, 5.74) is 7.19. The minimum absolute atomic E-state index is 0.161. The Balaban J connectivity index is 2.52. The Bertz CT molecular complexity index is 543. The average molecular weight is 265 g/mol. The van der Waals surface area contributed by atoms with Gasteiger partial charge in [0.05, 0.1) is 23.0 Å². The van der Waals surface area contributed by atoms with Gasteiger partial charge in [-0.15, -0.1) is 0 Å². The molecule has 0 spiro atoms. The second kappa shape index (κ2) is 5.10. The van der Waals surface area contributed by atoms with Crippen molar-refractivity contribution in [2.45, 2.75) is 19.9 Å². The Morgan fingerprint density at radius 2 is 2.11 bits per heavy atom. The predicted octanol–water partition coefficient (Wildman–Crippen LogP) is 2.24. The van der Waals surface area contributed by atoms with Crippen LogP contribution in [0.5, 0.6) is 0 Å². The third-order valence-electron chi connectivity index (χ3n) is 3.11. The van der Waals surface area contributed by atoms with Crippen LogP contribution in [0.1, 0.15) is 28.4 Å². The van der Waals surface area contributed by atoms with E-state index in [4.69, 9.17) is 17.4 Å². The van der Waals surface area contributed by atoms with E-state index >= 15 is 0 Å². The number of halogens is 1. The molecule has 0 amide bonds. The number of aryl methyl sites for hydroxylation is 3. The van der Waals surface area contributed by atoms with Gasteiger partial charge >= 0.3 is 0 Å². The molecular weight excluding hydrogens is 248 g/mol. The first kappa shape index (κ1) is 13.1. The summed E-state index contributed by atoms with van der Waals surface area (Å²) in [6, 6.07) is 6.10. The van der Waals surface area contributed by atoms with Gasteiger partial charge in [0, 0.05) is 7.05 Å². The second-order valence-corrected chi connectivity index (χ2v) is 4.87. The monoisotopic (exact) mass is 264 g/mol. The molecule has 1 aromatic heterocycles. The van der Waals surface area contributed by atoms with E-state index in [2.05, 4.69) is 42.6 Å². The molecule has 2 aromatic rings. The largest absolute Gasteiger partial charge is 0.271 e. The second-order valence-electron chi connectivity index (χ2n) is 4.46. The Morgan fingerprint density at radius 3 is 2.61 bits per heavy atom. The maximum absolute atomic E-state index is 6.17. The molecule has 0 saturated carbocycles. The Hall–Kier alpha value is -1.36. The van der Waals surface area contributed by atoms with E-state index in [1.54, 1.807) is 10.9 Å². The van der Waals surface area contributed by atoms with Gasteiger partial charge in [-0.1, -0.05) is 35.4 Å². The highest BCUT2D eigenvalue weighted by Crippen LogP contribution is 2.29. The molecule has 1 aromatic carbocycles. The Labute approximate surface area is 112 Å². The zero-order valence-electron chi connectivity index (χ0n) is 10.7. The molecule has 0 aliphatic carbocycles. The zero-order valence-corrected chi connectivity index (χ0v) is 11.5. The summed E-state index contributed by atoms with van der Waals surface area (Å²) in [4.78, 5) is 0. The van der Waals surface area contributed by atoms with Crippen LogP contribution >= 0.6 is 11.6 Å². The van der Waals surface area contributed by atoms with Crippen LogP contribution in [0.3, 0.4) is 0 Å². The fourth-order valence-corrected chi connectivity index (χ4v) is 2.49. The molecular formula is C13H17ClN4. The van der Waals surface area contributed by atoms with Crippen LogP contribution in [0, 0.1) is 13.8 Å². The molecule has 18 heavy (non-hydrogen) atoms. The molecule has 3 N–H and O–H groups in total. The number of hydrogen-bond donors (Lipinski definition) is 2. The average Bonchev–Trinajstić information content (AvgIpc) is 2.64. The summed E-state index contributed by atoms with van der Waals surface area (Å²) in [7, 11) is 1.86. The molecule has 0 aliphatic heterocycles. The van der Waals surface area contributed by atoms with E-state index in [1.807, 2.05) is 7.05 Å². The molecule has 1 atom stereocenters. The lowest BCUT2D eigenvalue weighted by Gasteiger charge is -2.19. The lowest BCUT2D eigenvalue weighted by atomic mass is 9.97. The van der Waals surface area contributed by atoms with Gasteiger partial charge in [0.2, 0.25) is 0 Å². The summed E-state index contributed by atoms with van der Waals surface area (Å²) in [6.07, 6.45) is 1.63. The van der Waals surface area contributed by atoms with Crippen molar-refractivity contribution < 1.29 is 0 Å². The third kappa shape index (κ3) is 2.27. The van der Waals surface area contributed by atoms with E-state index in [9.17, 15) is 0 Å². The molecule has 96 valence electrons. The summed E-state index contributed by atoms with van der Waals surface area (Å²) in [5.74, 6) is 5.69. The third-order valence-corrected chi connectivity index (χ3v) is 3.41. The molecule has 5 heteroatoms. The Morgan fingerprint density at radius 1 is 1.39 bits per heavy atom. The standard InChI is InChI=1S/C13H17ClN4/c1-8-4-5-10(9(2)6-8)12(17-15)13-11(14)7-16-18(13)3/h4-7,12,17H,15H2,1-3H3. The topological polar surface area (TPSA) is 55.9 Å². The molecule has 0 fully saturated rings. The van der Waals surface area contributed by atoms with Gasteiger partial charge in [0.1, 0.15) is 0 Å². The Kier molecular flexibility index (Phi) is 3.71. The van der Waals surface area contributed by atoms with Crippen LogP contribution in [0.2, 0.25) is 5.02 Å². The molecule has 0 saturated heterocycles. The highest BCUT2D eigenvalue weighted by Gasteiger charge is 2.21. The van der Waals surface area contributed by atoms with Crippen LogP contribution in [0.4, 0.5) is 0 Å². The molecule has 1 heterocycles. The number of aromatic nitrogens is 2. The molecule has 4 nitrogen and oxygen atoms in total. The lowest BCUT2D eigenvalue weighted by molar-refractivity contribution is 0.573. The highest BCUT2D eigenvalue weighted by atomic mass is 35.5. The first-order valence-corrected chi connectivity index (χ1v) is 6.13. The van der Waals surface area contributed by atoms with E-state index in [1.165, 1.54) is 11.1 Å². The molecule has 0 radical (unpaired) electrons. The van der Waals surface area contributed by atoms with Crippen molar-refractivity contribution in [3.8, 4) is 0 Å². The van der Waals surface area contributed by atoms with Crippen LogP contribution in [-0.4, -0.2) is 9.78 Å². The summed E-state index contributed by atoms with van der Waals surface area (Å²) in [5, 5.41) is 4.76. The molecule has 0 bridgehead atoms. The van der Waals surface area contributed by atoms with Crippen molar-refractivity contribution in [3.63, 3.8) is 0 Å². The smallest absolute Gasteiger partial charge is 0.0895 e. The van der Waals surface area contributed by atoms with Crippen molar-refractivity contribution in [2.75, 3.05) is 0 Å². The SMILES string of the molecule is Cc1ccc(C(NN)c2c(Cl)cnn2C)c(C)c1. The summed E-state index contributed by atoms with van der Waals surface area (Å²) >= 11 is 6.17. The first-order chi connectivity index (χ1) is 8.54. The van der Waals surface area contributed by atoms with E-state index < -0.39 is 0 Å². The number of hydrazine groups is 1. The molecule has 1 unspecified atom stereocenters. The number of nitrogens with zero attached hydrogens (tertiary/aromatic N) is 2. The van der Waals surface area contributed by atoms with Crippen molar-refractivity contribution in [2.24, 2.45) is 12.9 Å². The predicted molar refractivity (Wildman–Crippen MR) is 73.3 cm³/mol. The summed E-state index contributed by atoms with van der Waals surface area (Å²) < 4.78 is 1.74. The zero-order chi connectivity index (χ0) is 13.3.